The summed E-state index contributed by atoms with van der Waals surface area (Å²) in [7, 11) is 1.77. The molecule has 0 atom stereocenters. The van der Waals surface area contributed by atoms with Crippen molar-refractivity contribution < 1.29 is 9.90 Å². The number of hydrogen-bond acceptors (Lipinski definition) is 6. The Hall–Kier alpha value is -2.87. The molecule has 128 valence electrons. The van der Waals surface area contributed by atoms with Gasteiger partial charge in [-0.1, -0.05) is 36.0 Å². The number of benzene rings is 2. The van der Waals surface area contributed by atoms with Gasteiger partial charge in [-0.05, 0) is 45.8 Å². The van der Waals surface area contributed by atoms with E-state index in [1.165, 1.54) is 11.8 Å². The van der Waals surface area contributed by atoms with Crippen molar-refractivity contribution in [2.75, 3.05) is 12.3 Å². The fourth-order valence-electron chi connectivity index (χ4n) is 2.25. The van der Waals surface area contributed by atoms with Crippen molar-refractivity contribution in [1.29, 1.82) is 0 Å². The average molecular weight is 355 g/mol. The zero-order chi connectivity index (χ0) is 17.6. The van der Waals surface area contributed by atoms with Crippen molar-refractivity contribution in [3.05, 3.63) is 54.1 Å². The monoisotopic (exact) mass is 355 g/mol. The summed E-state index contributed by atoms with van der Waals surface area (Å²) in [6, 6.07) is 14.3. The van der Waals surface area contributed by atoms with Crippen LogP contribution in [0.25, 0.3) is 11.1 Å². The standard InChI is InChI=1S/C17H17N5O2S/c1-22-17(19-20-21-22)25-10-9-18-16(24)14-4-2-3-13(11-14)12-5-7-15(23)8-6-12/h2-8,11,23H,9-10H2,1H3,(H,18,24). The number of carbonyl (C=O) groups excluding carboxylic acids is 1. The molecule has 0 aliphatic heterocycles. The number of phenolic OH excluding ortho intramolecular Hbond substituents is 1. The summed E-state index contributed by atoms with van der Waals surface area (Å²) >= 11 is 1.48. The molecule has 3 rings (SSSR count). The molecule has 0 radical (unpaired) electrons. The zero-order valence-corrected chi connectivity index (χ0v) is 14.4. The van der Waals surface area contributed by atoms with Gasteiger partial charge in [0.15, 0.2) is 0 Å². The second-order valence-corrected chi connectivity index (χ2v) is 6.38. The molecule has 1 aromatic heterocycles. The van der Waals surface area contributed by atoms with E-state index in [2.05, 4.69) is 20.8 Å². The van der Waals surface area contributed by atoms with Crippen LogP contribution in [0, 0.1) is 0 Å². The molecular formula is C17H17N5O2S. The Labute approximate surface area is 149 Å². The molecule has 2 N–H and O–H groups in total. The second-order valence-electron chi connectivity index (χ2n) is 5.32. The van der Waals surface area contributed by atoms with E-state index in [1.54, 1.807) is 29.9 Å². The third-order valence-electron chi connectivity index (χ3n) is 3.53. The number of thioether (sulfide) groups is 1. The minimum atomic E-state index is -0.127. The summed E-state index contributed by atoms with van der Waals surface area (Å²) in [5.74, 6) is 0.767. The van der Waals surface area contributed by atoms with Crippen LogP contribution < -0.4 is 5.32 Å². The van der Waals surface area contributed by atoms with Crippen LogP contribution in [0.15, 0.2) is 53.7 Å². The quantitative estimate of drug-likeness (QED) is 0.520. The molecule has 8 heteroatoms. The highest BCUT2D eigenvalue weighted by Crippen LogP contribution is 2.22. The highest BCUT2D eigenvalue weighted by molar-refractivity contribution is 7.99. The smallest absolute Gasteiger partial charge is 0.251 e. The maximum Gasteiger partial charge on any atom is 0.251 e. The van der Waals surface area contributed by atoms with E-state index in [0.717, 1.165) is 11.1 Å². The van der Waals surface area contributed by atoms with Crippen molar-refractivity contribution in [3.63, 3.8) is 0 Å². The molecule has 2 aromatic carbocycles. The molecule has 0 saturated heterocycles. The number of aryl methyl sites for hydroxylation is 1. The summed E-state index contributed by atoms with van der Waals surface area (Å²) < 4.78 is 1.59. The van der Waals surface area contributed by atoms with E-state index in [4.69, 9.17) is 0 Å². The number of phenols is 1. The van der Waals surface area contributed by atoms with Crippen LogP contribution in [-0.2, 0) is 7.05 Å². The Morgan fingerprint density at radius 1 is 1.20 bits per heavy atom. The van der Waals surface area contributed by atoms with Gasteiger partial charge in [0.05, 0.1) is 0 Å². The molecule has 3 aromatic rings. The van der Waals surface area contributed by atoms with E-state index in [1.807, 2.05) is 30.3 Å². The van der Waals surface area contributed by atoms with Crippen molar-refractivity contribution in [3.8, 4) is 16.9 Å². The van der Waals surface area contributed by atoms with Crippen LogP contribution in [0.3, 0.4) is 0 Å². The van der Waals surface area contributed by atoms with Gasteiger partial charge < -0.3 is 10.4 Å². The van der Waals surface area contributed by atoms with Gasteiger partial charge in [-0.25, -0.2) is 4.68 Å². The van der Waals surface area contributed by atoms with E-state index >= 15 is 0 Å². The highest BCUT2D eigenvalue weighted by Gasteiger charge is 2.08. The molecule has 0 unspecified atom stereocenters. The Bertz CT molecular complexity index is 863. The number of amides is 1. The maximum atomic E-state index is 12.3. The lowest BCUT2D eigenvalue weighted by molar-refractivity contribution is 0.0956. The van der Waals surface area contributed by atoms with E-state index in [0.29, 0.717) is 23.0 Å². The zero-order valence-electron chi connectivity index (χ0n) is 13.6. The first kappa shape index (κ1) is 17.0. The van der Waals surface area contributed by atoms with Crippen LogP contribution in [0.4, 0.5) is 0 Å². The number of nitrogens with one attached hydrogen (secondary N) is 1. The molecular weight excluding hydrogens is 338 g/mol. The number of carbonyl (C=O) groups is 1. The average Bonchev–Trinajstić information content (AvgIpc) is 3.04. The molecule has 7 nitrogen and oxygen atoms in total. The SMILES string of the molecule is Cn1nnnc1SCCNC(=O)c1cccc(-c2ccc(O)cc2)c1. The van der Waals surface area contributed by atoms with Gasteiger partial charge in [-0.3, -0.25) is 4.79 Å². The Morgan fingerprint density at radius 2 is 2.00 bits per heavy atom. The minimum absolute atomic E-state index is 0.127. The summed E-state index contributed by atoms with van der Waals surface area (Å²) in [5.41, 5.74) is 2.46. The van der Waals surface area contributed by atoms with Crippen molar-refractivity contribution >= 4 is 17.7 Å². The number of aromatic hydroxyl groups is 1. The minimum Gasteiger partial charge on any atom is -0.508 e. The van der Waals surface area contributed by atoms with E-state index in [-0.39, 0.29) is 11.7 Å². The number of nitrogens with zero attached hydrogens (tertiary/aromatic N) is 4. The summed E-state index contributed by atoms with van der Waals surface area (Å²) in [6.07, 6.45) is 0. The molecule has 1 heterocycles. The lowest BCUT2D eigenvalue weighted by Crippen LogP contribution is -2.25. The number of rotatable bonds is 6. The van der Waals surface area contributed by atoms with Gasteiger partial charge in [0.1, 0.15) is 5.75 Å². The predicted octanol–water partition coefficient (Wildman–Crippen LogP) is 2.10. The normalized spacial score (nSPS) is 10.6. The number of tetrazole rings is 1. The van der Waals surface area contributed by atoms with Crippen LogP contribution in [-0.4, -0.2) is 43.5 Å². The summed E-state index contributed by atoms with van der Waals surface area (Å²) in [5, 5.41) is 24.2. The first-order chi connectivity index (χ1) is 12.1. The Morgan fingerprint density at radius 3 is 2.72 bits per heavy atom. The van der Waals surface area contributed by atoms with Crippen LogP contribution in [0.5, 0.6) is 5.75 Å². The molecule has 1 amide bonds. The van der Waals surface area contributed by atoms with Crippen molar-refractivity contribution in [1.82, 2.24) is 25.5 Å². The Kier molecular flexibility index (Phi) is 5.30. The van der Waals surface area contributed by atoms with Gasteiger partial charge in [0, 0.05) is 24.9 Å². The molecule has 25 heavy (non-hydrogen) atoms. The molecule has 0 saturated carbocycles. The van der Waals surface area contributed by atoms with E-state index in [9.17, 15) is 9.90 Å². The highest BCUT2D eigenvalue weighted by atomic mass is 32.2. The molecule has 0 spiro atoms. The van der Waals surface area contributed by atoms with Gasteiger partial charge in [-0.15, -0.1) is 5.10 Å². The van der Waals surface area contributed by atoms with Gasteiger partial charge in [0.25, 0.3) is 5.91 Å². The van der Waals surface area contributed by atoms with Crippen LogP contribution in [0.1, 0.15) is 10.4 Å². The van der Waals surface area contributed by atoms with Gasteiger partial charge in [0.2, 0.25) is 5.16 Å². The molecule has 0 bridgehead atoms. The maximum absolute atomic E-state index is 12.3. The fraction of sp³-hybridized carbons (Fsp3) is 0.176. The topological polar surface area (TPSA) is 92.9 Å². The third-order valence-corrected chi connectivity index (χ3v) is 4.54. The Balaban J connectivity index is 1.58. The molecule has 0 fully saturated rings. The fourth-order valence-corrected chi connectivity index (χ4v) is 2.95. The van der Waals surface area contributed by atoms with Crippen molar-refractivity contribution in [2.45, 2.75) is 5.16 Å². The molecule has 0 aliphatic rings. The molecule has 0 aliphatic carbocycles. The second kappa shape index (κ2) is 7.80. The lowest BCUT2D eigenvalue weighted by Gasteiger charge is -2.07. The summed E-state index contributed by atoms with van der Waals surface area (Å²) in [6.45, 7) is 0.514. The van der Waals surface area contributed by atoms with Crippen molar-refractivity contribution in [2.24, 2.45) is 7.05 Å². The number of hydrogen-bond donors (Lipinski definition) is 2. The van der Waals surface area contributed by atoms with Crippen LogP contribution >= 0.6 is 11.8 Å². The van der Waals surface area contributed by atoms with Gasteiger partial charge in [-0.2, -0.15) is 0 Å². The lowest BCUT2D eigenvalue weighted by atomic mass is 10.0. The predicted molar refractivity (Wildman–Crippen MR) is 95.4 cm³/mol. The largest absolute Gasteiger partial charge is 0.508 e. The first-order valence-electron chi connectivity index (χ1n) is 7.66. The number of aromatic nitrogens is 4. The van der Waals surface area contributed by atoms with E-state index < -0.39 is 0 Å². The first-order valence-corrected chi connectivity index (χ1v) is 8.65. The summed E-state index contributed by atoms with van der Waals surface area (Å²) in [4.78, 5) is 12.3. The third kappa shape index (κ3) is 4.36. The van der Waals surface area contributed by atoms with Crippen LogP contribution in [0.2, 0.25) is 0 Å². The van der Waals surface area contributed by atoms with Gasteiger partial charge >= 0.3 is 0 Å².